The van der Waals surface area contributed by atoms with Crippen LogP contribution in [0.4, 0.5) is 0 Å². The van der Waals surface area contributed by atoms with E-state index in [1.165, 1.54) is 0 Å². The fourth-order valence-corrected chi connectivity index (χ4v) is 1.50. The molecule has 1 rings (SSSR count). The predicted octanol–water partition coefficient (Wildman–Crippen LogP) is -0.205. The minimum atomic E-state index is -0.100. The standard InChI is InChI=1S/C9H18N2O2/c1-4-13-9(12)8-7-10(2)5-6-11(8)3/h8H,4-7H2,1-3H3/t8-/m1/s1. The normalized spacial score (nSPS) is 25.9. The van der Waals surface area contributed by atoms with Crippen molar-refractivity contribution in [2.75, 3.05) is 40.3 Å². The van der Waals surface area contributed by atoms with Crippen LogP contribution in [-0.2, 0) is 9.53 Å². The summed E-state index contributed by atoms with van der Waals surface area (Å²) < 4.78 is 4.99. The molecule has 0 amide bonds. The molecule has 1 aliphatic heterocycles. The third kappa shape index (κ3) is 2.67. The molecule has 0 spiro atoms. The Morgan fingerprint density at radius 3 is 2.77 bits per heavy atom. The summed E-state index contributed by atoms with van der Waals surface area (Å²) in [5.41, 5.74) is 0. The Bertz CT molecular complexity index is 184. The number of ether oxygens (including phenoxy) is 1. The van der Waals surface area contributed by atoms with Crippen LogP contribution in [0.15, 0.2) is 0 Å². The van der Waals surface area contributed by atoms with Crippen LogP contribution < -0.4 is 0 Å². The number of likely N-dealkylation sites (N-methyl/N-ethyl adjacent to an activating group) is 2. The van der Waals surface area contributed by atoms with E-state index in [-0.39, 0.29) is 12.0 Å². The zero-order valence-corrected chi connectivity index (χ0v) is 8.62. The smallest absolute Gasteiger partial charge is 0.324 e. The molecule has 0 aromatic heterocycles. The summed E-state index contributed by atoms with van der Waals surface area (Å²) in [5.74, 6) is -0.100. The lowest BCUT2D eigenvalue weighted by Crippen LogP contribution is -2.54. The molecule has 4 heteroatoms. The molecule has 0 radical (unpaired) electrons. The maximum absolute atomic E-state index is 11.5. The number of hydrogen-bond acceptors (Lipinski definition) is 4. The van der Waals surface area contributed by atoms with Gasteiger partial charge in [-0.05, 0) is 21.0 Å². The van der Waals surface area contributed by atoms with Gasteiger partial charge in [0.05, 0.1) is 6.61 Å². The van der Waals surface area contributed by atoms with Crippen LogP contribution in [0, 0.1) is 0 Å². The van der Waals surface area contributed by atoms with Gasteiger partial charge in [0, 0.05) is 19.6 Å². The van der Waals surface area contributed by atoms with Gasteiger partial charge < -0.3 is 9.64 Å². The lowest BCUT2D eigenvalue weighted by molar-refractivity contribution is -0.151. The summed E-state index contributed by atoms with van der Waals surface area (Å²) >= 11 is 0. The van der Waals surface area contributed by atoms with Crippen LogP contribution in [-0.4, -0.2) is 62.1 Å². The molecule has 0 aliphatic carbocycles. The fourth-order valence-electron chi connectivity index (χ4n) is 1.50. The zero-order chi connectivity index (χ0) is 9.84. The van der Waals surface area contributed by atoms with Crippen LogP contribution in [0.2, 0.25) is 0 Å². The largest absolute Gasteiger partial charge is 0.465 e. The minimum Gasteiger partial charge on any atom is -0.465 e. The summed E-state index contributed by atoms with van der Waals surface area (Å²) in [7, 11) is 3.99. The van der Waals surface area contributed by atoms with E-state index >= 15 is 0 Å². The lowest BCUT2D eigenvalue weighted by Gasteiger charge is -2.35. The molecule has 0 saturated carbocycles. The summed E-state index contributed by atoms with van der Waals surface area (Å²) in [6, 6.07) is -0.0845. The summed E-state index contributed by atoms with van der Waals surface area (Å²) in [5, 5.41) is 0. The molecule has 0 aromatic rings. The van der Waals surface area contributed by atoms with E-state index in [2.05, 4.69) is 9.80 Å². The number of carbonyl (C=O) groups is 1. The molecular weight excluding hydrogens is 168 g/mol. The number of carbonyl (C=O) groups excluding carboxylic acids is 1. The highest BCUT2D eigenvalue weighted by molar-refractivity contribution is 5.76. The van der Waals surface area contributed by atoms with Crippen LogP contribution in [0.25, 0.3) is 0 Å². The summed E-state index contributed by atoms with van der Waals surface area (Å²) in [4.78, 5) is 15.7. The van der Waals surface area contributed by atoms with Crippen molar-refractivity contribution in [3.8, 4) is 0 Å². The number of rotatable bonds is 2. The quantitative estimate of drug-likeness (QED) is 0.559. The first-order valence-corrected chi connectivity index (χ1v) is 4.70. The van der Waals surface area contributed by atoms with Gasteiger partial charge in [-0.15, -0.1) is 0 Å². The second-order valence-electron chi connectivity index (χ2n) is 3.51. The molecule has 0 bridgehead atoms. The van der Waals surface area contributed by atoms with E-state index in [4.69, 9.17) is 4.74 Å². The maximum atomic E-state index is 11.5. The molecule has 1 aliphatic rings. The SMILES string of the molecule is CCOC(=O)[C@H]1CN(C)CCN1C. The van der Waals surface area contributed by atoms with Gasteiger partial charge in [-0.25, -0.2) is 0 Å². The molecule has 0 N–H and O–H groups in total. The van der Waals surface area contributed by atoms with Gasteiger partial charge in [-0.2, -0.15) is 0 Å². The highest BCUT2D eigenvalue weighted by Gasteiger charge is 2.29. The van der Waals surface area contributed by atoms with Gasteiger partial charge in [0.1, 0.15) is 6.04 Å². The van der Waals surface area contributed by atoms with E-state index in [0.717, 1.165) is 19.6 Å². The first-order valence-electron chi connectivity index (χ1n) is 4.70. The maximum Gasteiger partial charge on any atom is 0.324 e. The average Bonchev–Trinajstić information content (AvgIpc) is 2.09. The number of nitrogens with zero attached hydrogens (tertiary/aromatic N) is 2. The van der Waals surface area contributed by atoms with Gasteiger partial charge in [0.25, 0.3) is 0 Å². The van der Waals surface area contributed by atoms with E-state index in [1.54, 1.807) is 0 Å². The summed E-state index contributed by atoms with van der Waals surface area (Å²) in [6.07, 6.45) is 0. The Morgan fingerprint density at radius 1 is 1.46 bits per heavy atom. The molecule has 1 heterocycles. The van der Waals surface area contributed by atoms with Crippen molar-refractivity contribution in [2.45, 2.75) is 13.0 Å². The number of esters is 1. The number of hydrogen-bond donors (Lipinski definition) is 0. The molecule has 0 unspecified atom stereocenters. The van der Waals surface area contributed by atoms with Crippen LogP contribution in [0.5, 0.6) is 0 Å². The Labute approximate surface area is 79.4 Å². The molecule has 4 nitrogen and oxygen atoms in total. The van der Waals surface area contributed by atoms with Crippen molar-refractivity contribution in [3.05, 3.63) is 0 Å². The molecule has 13 heavy (non-hydrogen) atoms. The highest BCUT2D eigenvalue weighted by Crippen LogP contribution is 2.07. The van der Waals surface area contributed by atoms with Gasteiger partial charge in [0.15, 0.2) is 0 Å². The molecule has 1 saturated heterocycles. The van der Waals surface area contributed by atoms with Crippen LogP contribution in [0.1, 0.15) is 6.92 Å². The van der Waals surface area contributed by atoms with Crippen molar-refractivity contribution in [1.82, 2.24) is 9.80 Å². The second kappa shape index (κ2) is 4.58. The van der Waals surface area contributed by atoms with Gasteiger partial charge in [-0.3, -0.25) is 9.69 Å². The number of piperazine rings is 1. The monoisotopic (exact) mass is 186 g/mol. The molecule has 1 fully saturated rings. The first-order chi connectivity index (χ1) is 6.15. The predicted molar refractivity (Wildman–Crippen MR) is 50.5 cm³/mol. The molecular formula is C9H18N2O2. The zero-order valence-electron chi connectivity index (χ0n) is 8.62. The van der Waals surface area contributed by atoms with Crippen LogP contribution >= 0.6 is 0 Å². The van der Waals surface area contributed by atoms with E-state index in [1.807, 2.05) is 21.0 Å². The van der Waals surface area contributed by atoms with Crippen molar-refractivity contribution >= 4 is 5.97 Å². The topological polar surface area (TPSA) is 32.8 Å². The molecule has 1 atom stereocenters. The van der Waals surface area contributed by atoms with Gasteiger partial charge in [-0.1, -0.05) is 0 Å². The fraction of sp³-hybridized carbons (Fsp3) is 0.889. The Kier molecular flexibility index (Phi) is 3.69. The molecule has 0 aromatic carbocycles. The van der Waals surface area contributed by atoms with Crippen molar-refractivity contribution < 1.29 is 9.53 Å². The van der Waals surface area contributed by atoms with Gasteiger partial charge in [0.2, 0.25) is 0 Å². The van der Waals surface area contributed by atoms with E-state index < -0.39 is 0 Å². The van der Waals surface area contributed by atoms with Gasteiger partial charge >= 0.3 is 5.97 Å². The molecule has 76 valence electrons. The highest BCUT2D eigenvalue weighted by atomic mass is 16.5. The van der Waals surface area contributed by atoms with E-state index in [0.29, 0.717) is 6.61 Å². The Balaban J connectivity index is 2.50. The Hall–Kier alpha value is -0.610. The first kappa shape index (κ1) is 10.5. The van der Waals surface area contributed by atoms with Crippen LogP contribution in [0.3, 0.4) is 0 Å². The lowest BCUT2D eigenvalue weighted by atomic mass is 10.2. The van der Waals surface area contributed by atoms with Crippen molar-refractivity contribution in [2.24, 2.45) is 0 Å². The third-order valence-corrected chi connectivity index (χ3v) is 2.41. The minimum absolute atomic E-state index is 0.0845. The Morgan fingerprint density at radius 2 is 2.15 bits per heavy atom. The average molecular weight is 186 g/mol. The van der Waals surface area contributed by atoms with Crippen molar-refractivity contribution in [1.29, 1.82) is 0 Å². The summed E-state index contributed by atoms with van der Waals surface area (Å²) in [6.45, 7) is 5.03. The van der Waals surface area contributed by atoms with E-state index in [9.17, 15) is 4.79 Å². The third-order valence-electron chi connectivity index (χ3n) is 2.41. The van der Waals surface area contributed by atoms with Crippen molar-refractivity contribution in [3.63, 3.8) is 0 Å². The second-order valence-corrected chi connectivity index (χ2v) is 3.51.